The zero-order chi connectivity index (χ0) is 11.9. The van der Waals surface area contributed by atoms with Crippen molar-refractivity contribution in [1.29, 1.82) is 0 Å². The van der Waals surface area contributed by atoms with Crippen LogP contribution >= 0.6 is 11.3 Å². The van der Waals surface area contributed by atoms with Crippen LogP contribution in [0.1, 0.15) is 62.2 Å². The Balaban J connectivity index is 1.81. The second-order valence-electron chi connectivity index (χ2n) is 5.31. The molecule has 0 aliphatic heterocycles. The highest BCUT2D eigenvalue weighted by molar-refractivity contribution is 7.10. The largest absolute Gasteiger partial charge is 0.396 e. The van der Waals surface area contributed by atoms with Crippen LogP contribution in [0.15, 0.2) is 17.5 Å². The van der Waals surface area contributed by atoms with Crippen LogP contribution < -0.4 is 0 Å². The van der Waals surface area contributed by atoms with E-state index in [1.807, 2.05) is 11.3 Å². The van der Waals surface area contributed by atoms with Gasteiger partial charge < -0.3 is 5.11 Å². The van der Waals surface area contributed by atoms with Crippen molar-refractivity contribution in [2.75, 3.05) is 6.61 Å². The summed E-state index contributed by atoms with van der Waals surface area (Å²) in [7, 11) is 0. The molecular formula is C15H24OS. The van der Waals surface area contributed by atoms with E-state index in [1.165, 1.54) is 49.8 Å². The average Bonchev–Trinajstić information content (AvgIpc) is 2.89. The van der Waals surface area contributed by atoms with Crippen molar-refractivity contribution in [2.24, 2.45) is 5.92 Å². The lowest BCUT2D eigenvalue weighted by atomic mass is 9.83. The van der Waals surface area contributed by atoms with E-state index in [0.29, 0.717) is 12.5 Å². The van der Waals surface area contributed by atoms with Gasteiger partial charge >= 0.3 is 0 Å². The van der Waals surface area contributed by atoms with E-state index in [0.717, 1.165) is 12.3 Å². The van der Waals surface area contributed by atoms with Gasteiger partial charge in [-0.25, -0.2) is 0 Å². The molecule has 1 N–H and O–H groups in total. The van der Waals surface area contributed by atoms with Gasteiger partial charge in [0, 0.05) is 11.5 Å². The standard InChI is InChI=1S/C15H24OS/c16-11-10-14(15-7-4-12-17-15)9-8-13-5-2-1-3-6-13/h4,7,12-14,16H,1-3,5-6,8-11H2. The summed E-state index contributed by atoms with van der Waals surface area (Å²) in [6.07, 6.45) is 10.8. The molecule has 1 unspecified atom stereocenters. The first-order valence-electron chi connectivity index (χ1n) is 7.04. The minimum absolute atomic E-state index is 0.327. The van der Waals surface area contributed by atoms with Gasteiger partial charge in [-0.2, -0.15) is 0 Å². The summed E-state index contributed by atoms with van der Waals surface area (Å²) in [4.78, 5) is 1.47. The summed E-state index contributed by atoms with van der Waals surface area (Å²) in [6.45, 7) is 0.327. The first-order valence-corrected chi connectivity index (χ1v) is 7.92. The lowest BCUT2D eigenvalue weighted by molar-refractivity contribution is 0.263. The van der Waals surface area contributed by atoms with E-state index in [2.05, 4.69) is 17.5 Å². The molecule has 96 valence electrons. The Morgan fingerprint density at radius 3 is 2.71 bits per heavy atom. The predicted molar refractivity (Wildman–Crippen MR) is 74.6 cm³/mol. The Bertz CT molecular complexity index is 288. The fourth-order valence-electron chi connectivity index (χ4n) is 3.02. The molecule has 2 heteroatoms. The van der Waals surface area contributed by atoms with Gasteiger partial charge in [0.15, 0.2) is 0 Å². The van der Waals surface area contributed by atoms with Crippen LogP contribution in [0.4, 0.5) is 0 Å². The Morgan fingerprint density at radius 1 is 1.24 bits per heavy atom. The average molecular weight is 252 g/mol. The molecule has 1 aliphatic carbocycles. The molecule has 0 amide bonds. The molecule has 17 heavy (non-hydrogen) atoms. The fourth-order valence-corrected chi connectivity index (χ4v) is 3.92. The van der Waals surface area contributed by atoms with E-state index in [9.17, 15) is 5.11 Å². The monoisotopic (exact) mass is 252 g/mol. The van der Waals surface area contributed by atoms with Crippen LogP contribution in [0.25, 0.3) is 0 Å². The summed E-state index contributed by atoms with van der Waals surface area (Å²) in [5, 5.41) is 11.3. The van der Waals surface area contributed by atoms with E-state index in [-0.39, 0.29) is 0 Å². The summed E-state index contributed by atoms with van der Waals surface area (Å²) >= 11 is 1.85. The van der Waals surface area contributed by atoms with Crippen molar-refractivity contribution >= 4 is 11.3 Å². The first kappa shape index (κ1) is 13.1. The summed E-state index contributed by atoms with van der Waals surface area (Å²) in [5.74, 6) is 1.56. The zero-order valence-corrected chi connectivity index (χ0v) is 11.4. The number of hydrogen-bond acceptors (Lipinski definition) is 2. The Kier molecular flexibility index (Phi) is 5.53. The molecule has 1 nitrogen and oxygen atoms in total. The third-order valence-electron chi connectivity index (χ3n) is 4.07. The maximum atomic E-state index is 9.18. The van der Waals surface area contributed by atoms with Gasteiger partial charge in [-0.3, -0.25) is 0 Å². The highest BCUT2D eigenvalue weighted by atomic mass is 32.1. The van der Waals surface area contributed by atoms with Crippen molar-refractivity contribution < 1.29 is 5.11 Å². The highest BCUT2D eigenvalue weighted by Crippen LogP contribution is 2.34. The van der Waals surface area contributed by atoms with Gasteiger partial charge in [0.2, 0.25) is 0 Å². The third-order valence-corrected chi connectivity index (χ3v) is 5.11. The lowest BCUT2D eigenvalue weighted by Gasteiger charge is -2.23. The van der Waals surface area contributed by atoms with Gasteiger partial charge in [-0.05, 0) is 42.5 Å². The van der Waals surface area contributed by atoms with E-state index in [4.69, 9.17) is 0 Å². The summed E-state index contributed by atoms with van der Waals surface area (Å²) in [5.41, 5.74) is 0. The summed E-state index contributed by atoms with van der Waals surface area (Å²) < 4.78 is 0. The molecule has 0 spiro atoms. The molecule has 1 fully saturated rings. The number of aliphatic hydroxyl groups is 1. The minimum atomic E-state index is 0.327. The Labute approximate surface area is 109 Å². The van der Waals surface area contributed by atoms with Crippen LogP contribution in [-0.4, -0.2) is 11.7 Å². The van der Waals surface area contributed by atoms with Gasteiger partial charge in [0.25, 0.3) is 0 Å². The van der Waals surface area contributed by atoms with E-state index < -0.39 is 0 Å². The van der Waals surface area contributed by atoms with Crippen molar-refractivity contribution in [1.82, 2.24) is 0 Å². The predicted octanol–water partition coefficient (Wildman–Crippen LogP) is 4.57. The van der Waals surface area contributed by atoms with Crippen molar-refractivity contribution in [3.63, 3.8) is 0 Å². The second kappa shape index (κ2) is 7.17. The highest BCUT2D eigenvalue weighted by Gasteiger charge is 2.17. The number of hydrogen-bond donors (Lipinski definition) is 1. The summed E-state index contributed by atoms with van der Waals surface area (Å²) in [6, 6.07) is 4.36. The molecule has 0 radical (unpaired) electrons. The molecule has 1 aromatic rings. The molecule has 1 aromatic heterocycles. The molecule has 1 aliphatic rings. The number of thiophene rings is 1. The maximum Gasteiger partial charge on any atom is 0.0437 e. The van der Waals surface area contributed by atoms with E-state index in [1.54, 1.807) is 0 Å². The minimum Gasteiger partial charge on any atom is -0.396 e. The molecule has 1 saturated carbocycles. The van der Waals surface area contributed by atoms with Crippen molar-refractivity contribution in [2.45, 2.75) is 57.3 Å². The second-order valence-corrected chi connectivity index (χ2v) is 6.29. The molecule has 2 rings (SSSR count). The molecule has 0 bridgehead atoms. The molecule has 1 atom stereocenters. The van der Waals surface area contributed by atoms with Gasteiger partial charge in [-0.1, -0.05) is 38.2 Å². The van der Waals surface area contributed by atoms with Crippen LogP contribution in [0.3, 0.4) is 0 Å². The first-order chi connectivity index (χ1) is 8.40. The van der Waals surface area contributed by atoms with Crippen LogP contribution in [0, 0.1) is 5.92 Å². The Hall–Kier alpha value is -0.340. The number of rotatable bonds is 6. The molecule has 0 aromatic carbocycles. The van der Waals surface area contributed by atoms with Gasteiger partial charge in [-0.15, -0.1) is 11.3 Å². The maximum absolute atomic E-state index is 9.18. The molecular weight excluding hydrogens is 228 g/mol. The fraction of sp³-hybridized carbons (Fsp3) is 0.733. The van der Waals surface area contributed by atoms with Gasteiger partial charge in [0.1, 0.15) is 0 Å². The van der Waals surface area contributed by atoms with Crippen molar-refractivity contribution in [3.8, 4) is 0 Å². The SMILES string of the molecule is OCCC(CCC1CCCCC1)c1cccs1. The van der Waals surface area contributed by atoms with E-state index >= 15 is 0 Å². The normalized spacial score (nSPS) is 19.4. The van der Waals surface area contributed by atoms with Crippen LogP contribution in [0.5, 0.6) is 0 Å². The number of aliphatic hydroxyl groups excluding tert-OH is 1. The van der Waals surface area contributed by atoms with Crippen LogP contribution in [0.2, 0.25) is 0 Å². The Morgan fingerprint density at radius 2 is 2.06 bits per heavy atom. The van der Waals surface area contributed by atoms with Crippen molar-refractivity contribution in [3.05, 3.63) is 22.4 Å². The zero-order valence-electron chi connectivity index (χ0n) is 10.6. The third kappa shape index (κ3) is 4.11. The molecule has 1 heterocycles. The van der Waals surface area contributed by atoms with Gasteiger partial charge in [0.05, 0.1) is 0 Å². The molecule has 0 saturated heterocycles. The topological polar surface area (TPSA) is 20.2 Å². The quantitative estimate of drug-likeness (QED) is 0.786. The lowest BCUT2D eigenvalue weighted by Crippen LogP contribution is -2.09. The van der Waals surface area contributed by atoms with Crippen LogP contribution in [-0.2, 0) is 0 Å². The smallest absolute Gasteiger partial charge is 0.0437 e.